The lowest BCUT2D eigenvalue weighted by atomic mass is 10.1. The number of anilines is 1. The molecule has 28 heavy (non-hydrogen) atoms. The maximum atomic E-state index is 12.6. The monoisotopic (exact) mass is 414 g/mol. The highest BCUT2D eigenvalue weighted by Gasteiger charge is 2.17. The van der Waals surface area contributed by atoms with Gasteiger partial charge < -0.3 is 14.8 Å². The summed E-state index contributed by atoms with van der Waals surface area (Å²) in [7, 11) is -3.96. The van der Waals surface area contributed by atoms with Crippen molar-refractivity contribution in [1.29, 1.82) is 0 Å². The second-order valence-electron chi connectivity index (χ2n) is 5.88. The number of amides is 1. The Balaban J connectivity index is 2.37. The molecule has 152 valence electrons. The van der Waals surface area contributed by atoms with Gasteiger partial charge in [-0.25, -0.2) is 13.6 Å². The van der Waals surface area contributed by atoms with Crippen molar-refractivity contribution < 1.29 is 31.5 Å². The molecule has 0 aliphatic carbocycles. The first-order valence-corrected chi connectivity index (χ1v) is 9.74. The molecule has 3 N–H and O–H groups in total. The van der Waals surface area contributed by atoms with E-state index in [0.717, 1.165) is 0 Å². The molecule has 0 aliphatic rings. The van der Waals surface area contributed by atoms with Crippen LogP contribution in [0.2, 0.25) is 0 Å². The van der Waals surface area contributed by atoms with Crippen LogP contribution in [-0.2, 0) is 10.0 Å². The fourth-order valence-electron chi connectivity index (χ4n) is 2.43. The lowest BCUT2D eigenvalue weighted by Gasteiger charge is -2.15. The Bertz CT molecular complexity index is 994. The number of carbonyl (C=O) groups excluding carboxylic acids is 1. The van der Waals surface area contributed by atoms with Gasteiger partial charge in [-0.2, -0.15) is 8.78 Å². The summed E-state index contributed by atoms with van der Waals surface area (Å²) in [6, 6.07) is 6.42. The maximum Gasteiger partial charge on any atom is 0.387 e. The fraction of sp³-hybridized carbons (Fsp3) is 0.278. The van der Waals surface area contributed by atoms with Gasteiger partial charge in [-0.05, 0) is 62.2 Å². The van der Waals surface area contributed by atoms with Gasteiger partial charge in [-0.15, -0.1) is 0 Å². The van der Waals surface area contributed by atoms with Crippen LogP contribution in [0.15, 0.2) is 35.2 Å². The average molecular weight is 414 g/mol. The highest BCUT2D eigenvalue weighted by atomic mass is 32.2. The van der Waals surface area contributed by atoms with Crippen LogP contribution in [0.3, 0.4) is 0 Å². The van der Waals surface area contributed by atoms with E-state index in [4.69, 9.17) is 9.88 Å². The van der Waals surface area contributed by atoms with Gasteiger partial charge >= 0.3 is 6.61 Å². The largest absolute Gasteiger partial charge is 0.490 e. The summed E-state index contributed by atoms with van der Waals surface area (Å²) >= 11 is 0. The summed E-state index contributed by atoms with van der Waals surface area (Å²) in [6.07, 6.45) is 0. The van der Waals surface area contributed by atoms with Crippen LogP contribution in [0.5, 0.6) is 11.5 Å². The molecule has 1 amide bonds. The minimum absolute atomic E-state index is 0.0124. The summed E-state index contributed by atoms with van der Waals surface area (Å²) in [5, 5.41) is 7.77. The Morgan fingerprint density at radius 2 is 1.86 bits per heavy atom. The summed E-state index contributed by atoms with van der Waals surface area (Å²) in [5.74, 6) is -0.795. The number of halogens is 2. The van der Waals surface area contributed by atoms with Gasteiger partial charge in [0.2, 0.25) is 10.0 Å². The Kier molecular flexibility index (Phi) is 6.57. The third-order valence-corrected chi connectivity index (χ3v) is 4.83. The van der Waals surface area contributed by atoms with E-state index in [1.54, 1.807) is 20.8 Å². The van der Waals surface area contributed by atoms with E-state index >= 15 is 0 Å². The summed E-state index contributed by atoms with van der Waals surface area (Å²) in [4.78, 5) is 12.5. The molecule has 10 heteroatoms. The van der Waals surface area contributed by atoms with Gasteiger partial charge in [0.1, 0.15) is 0 Å². The van der Waals surface area contributed by atoms with Crippen molar-refractivity contribution in [2.45, 2.75) is 32.3 Å². The summed E-state index contributed by atoms with van der Waals surface area (Å²) in [5.41, 5.74) is 1.66. The zero-order chi connectivity index (χ0) is 21.1. The molecular weight excluding hydrogens is 394 g/mol. The van der Waals surface area contributed by atoms with Crippen LogP contribution in [-0.4, -0.2) is 27.5 Å². The Hall–Kier alpha value is -2.72. The van der Waals surface area contributed by atoms with Gasteiger partial charge in [0, 0.05) is 11.3 Å². The SMILES string of the molecule is CCOc1cc(C(=O)Nc2cc(S(N)(=O)=O)cc(C)c2C)ccc1OC(F)F. The molecule has 2 rings (SSSR count). The normalized spacial score (nSPS) is 11.4. The number of benzene rings is 2. The van der Waals surface area contributed by atoms with Crippen molar-refractivity contribution in [2.75, 3.05) is 11.9 Å². The highest BCUT2D eigenvalue weighted by Crippen LogP contribution is 2.31. The molecule has 7 nitrogen and oxygen atoms in total. The zero-order valence-corrected chi connectivity index (χ0v) is 16.3. The second-order valence-corrected chi connectivity index (χ2v) is 7.45. The third kappa shape index (κ3) is 5.17. The number of ether oxygens (including phenoxy) is 2. The van der Waals surface area contributed by atoms with E-state index in [9.17, 15) is 22.0 Å². The number of carbonyl (C=O) groups is 1. The molecule has 0 atom stereocenters. The lowest BCUT2D eigenvalue weighted by molar-refractivity contribution is -0.0514. The van der Waals surface area contributed by atoms with Crippen LogP contribution in [0, 0.1) is 13.8 Å². The lowest BCUT2D eigenvalue weighted by Crippen LogP contribution is -2.16. The molecule has 0 bridgehead atoms. The van der Waals surface area contributed by atoms with Gasteiger partial charge in [0.05, 0.1) is 11.5 Å². The Morgan fingerprint density at radius 1 is 1.18 bits per heavy atom. The molecule has 2 aromatic rings. The molecule has 2 aromatic carbocycles. The molecule has 0 radical (unpaired) electrons. The summed E-state index contributed by atoms with van der Waals surface area (Å²) in [6.45, 7) is 2.20. The van der Waals surface area contributed by atoms with Crippen molar-refractivity contribution >= 4 is 21.6 Å². The zero-order valence-electron chi connectivity index (χ0n) is 15.5. The predicted octanol–water partition coefficient (Wildman–Crippen LogP) is 3.20. The number of rotatable bonds is 7. The van der Waals surface area contributed by atoms with Gasteiger partial charge in [0.15, 0.2) is 11.5 Å². The summed E-state index contributed by atoms with van der Waals surface area (Å²) < 4.78 is 57.8. The quantitative estimate of drug-likeness (QED) is 0.723. The maximum absolute atomic E-state index is 12.6. The number of aryl methyl sites for hydroxylation is 1. The number of hydrogen-bond donors (Lipinski definition) is 2. The fourth-order valence-corrected chi connectivity index (χ4v) is 3.05. The Labute approximate surface area is 161 Å². The average Bonchev–Trinajstić information content (AvgIpc) is 2.59. The molecule has 0 saturated carbocycles. The van der Waals surface area contributed by atoms with E-state index in [-0.39, 0.29) is 34.3 Å². The predicted molar refractivity (Wildman–Crippen MR) is 99.5 cm³/mol. The molecule has 0 fully saturated rings. The van der Waals surface area contributed by atoms with Gasteiger partial charge in [0.25, 0.3) is 5.91 Å². The van der Waals surface area contributed by atoms with Crippen molar-refractivity contribution in [3.05, 3.63) is 47.0 Å². The molecule has 0 saturated heterocycles. The Morgan fingerprint density at radius 3 is 2.43 bits per heavy atom. The van der Waals surface area contributed by atoms with E-state index in [2.05, 4.69) is 10.1 Å². The van der Waals surface area contributed by atoms with E-state index in [0.29, 0.717) is 11.1 Å². The standard InChI is InChI=1S/C18H20F2N2O5S/c1-4-26-16-8-12(5-6-15(16)27-18(19)20)17(23)22-14-9-13(28(21,24)25)7-10(2)11(14)3/h5-9,18H,4H2,1-3H3,(H,22,23)(H2,21,24,25). The molecule has 0 aromatic heterocycles. The number of nitrogens with two attached hydrogens (primary N) is 1. The first kappa shape index (κ1) is 21.6. The number of sulfonamides is 1. The molecule has 0 heterocycles. The van der Waals surface area contributed by atoms with Crippen LogP contribution in [0.4, 0.5) is 14.5 Å². The van der Waals surface area contributed by atoms with Crippen molar-refractivity contribution in [3.8, 4) is 11.5 Å². The topological polar surface area (TPSA) is 108 Å². The van der Waals surface area contributed by atoms with Crippen molar-refractivity contribution in [1.82, 2.24) is 0 Å². The van der Waals surface area contributed by atoms with Crippen LogP contribution >= 0.6 is 0 Å². The van der Waals surface area contributed by atoms with Crippen LogP contribution < -0.4 is 19.9 Å². The number of hydrogen-bond acceptors (Lipinski definition) is 5. The molecule has 0 unspecified atom stereocenters. The van der Waals surface area contributed by atoms with Crippen molar-refractivity contribution in [2.24, 2.45) is 5.14 Å². The van der Waals surface area contributed by atoms with Crippen LogP contribution in [0.25, 0.3) is 0 Å². The number of primary sulfonamides is 1. The van der Waals surface area contributed by atoms with E-state index in [1.807, 2.05) is 0 Å². The minimum Gasteiger partial charge on any atom is -0.490 e. The third-order valence-electron chi connectivity index (χ3n) is 3.94. The van der Waals surface area contributed by atoms with Gasteiger partial charge in [-0.3, -0.25) is 4.79 Å². The highest BCUT2D eigenvalue weighted by molar-refractivity contribution is 7.89. The van der Waals surface area contributed by atoms with E-state index < -0.39 is 22.5 Å². The first-order chi connectivity index (χ1) is 13.0. The first-order valence-electron chi connectivity index (χ1n) is 8.20. The second kappa shape index (κ2) is 8.53. The minimum atomic E-state index is -3.96. The number of nitrogens with one attached hydrogen (secondary N) is 1. The smallest absolute Gasteiger partial charge is 0.387 e. The molecule has 0 aliphatic heterocycles. The van der Waals surface area contributed by atoms with Crippen LogP contribution in [0.1, 0.15) is 28.4 Å². The van der Waals surface area contributed by atoms with Gasteiger partial charge in [-0.1, -0.05) is 0 Å². The van der Waals surface area contributed by atoms with Crippen molar-refractivity contribution in [3.63, 3.8) is 0 Å². The van der Waals surface area contributed by atoms with E-state index in [1.165, 1.54) is 30.3 Å². The number of alkyl halides is 2. The molecule has 0 spiro atoms. The molecular formula is C18H20F2N2O5S.